The maximum Gasteiger partial charge on any atom is 0.126 e. The monoisotopic (exact) mass is 204 g/mol. The lowest BCUT2D eigenvalue weighted by Gasteiger charge is -2.18. The fourth-order valence-electron chi connectivity index (χ4n) is 2.04. The topological polar surface area (TPSA) is 24.9 Å². The SMILES string of the molecule is CCCC(Nc1cc(C)ccn1)C1CC1. The number of hydrogen-bond acceptors (Lipinski definition) is 2. The lowest BCUT2D eigenvalue weighted by atomic mass is 10.1. The van der Waals surface area contributed by atoms with E-state index in [0.717, 1.165) is 11.7 Å². The maximum absolute atomic E-state index is 4.36. The van der Waals surface area contributed by atoms with Crippen LogP contribution < -0.4 is 5.32 Å². The van der Waals surface area contributed by atoms with Crippen LogP contribution in [0, 0.1) is 12.8 Å². The van der Waals surface area contributed by atoms with Crippen LogP contribution in [-0.2, 0) is 0 Å². The lowest BCUT2D eigenvalue weighted by molar-refractivity contribution is 0.575. The molecular formula is C13H20N2. The van der Waals surface area contributed by atoms with E-state index in [0.29, 0.717) is 6.04 Å². The Bertz CT molecular complexity index is 318. The smallest absolute Gasteiger partial charge is 0.126 e. The Morgan fingerprint density at radius 1 is 1.53 bits per heavy atom. The summed E-state index contributed by atoms with van der Waals surface area (Å²) in [7, 11) is 0. The number of aryl methyl sites for hydroxylation is 1. The first kappa shape index (κ1) is 10.5. The molecule has 1 heterocycles. The van der Waals surface area contributed by atoms with Crippen LogP contribution in [0.4, 0.5) is 5.82 Å². The molecule has 1 aliphatic carbocycles. The van der Waals surface area contributed by atoms with Crippen LogP contribution in [-0.4, -0.2) is 11.0 Å². The molecule has 1 N–H and O–H groups in total. The average molecular weight is 204 g/mol. The van der Waals surface area contributed by atoms with Crippen molar-refractivity contribution in [2.75, 3.05) is 5.32 Å². The first-order valence-corrected chi connectivity index (χ1v) is 5.99. The Morgan fingerprint density at radius 3 is 2.93 bits per heavy atom. The molecule has 1 unspecified atom stereocenters. The highest BCUT2D eigenvalue weighted by Gasteiger charge is 2.30. The van der Waals surface area contributed by atoms with Crippen LogP contribution >= 0.6 is 0 Å². The molecule has 1 aromatic rings. The van der Waals surface area contributed by atoms with Gasteiger partial charge < -0.3 is 5.32 Å². The van der Waals surface area contributed by atoms with Crippen molar-refractivity contribution in [2.24, 2.45) is 5.92 Å². The van der Waals surface area contributed by atoms with Crippen molar-refractivity contribution < 1.29 is 0 Å². The molecule has 0 bridgehead atoms. The van der Waals surface area contributed by atoms with Crippen LogP contribution in [0.1, 0.15) is 38.2 Å². The molecule has 1 aliphatic rings. The van der Waals surface area contributed by atoms with Crippen molar-refractivity contribution in [3.8, 4) is 0 Å². The minimum Gasteiger partial charge on any atom is -0.367 e. The van der Waals surface area contributed by atoms with Crippen molar-refractivity contribution in [1.82, 2.24) is 4.98 Å². The minimum absolute atomic E-state index is 0.643. The number of pyridine rings is 1. The highest BCUT2D eigenvalue weighted by Crippen LogP contribution is 2.35. The van der Waals surface area contributed by atoms with Gasteiger partial charge in [0.05, 0.1) is 0 Å². The van der Waals surface area contributed by atoms with E-state index in [2.05, 4.69) is 30.2 Å². The van der Waals surface area contributed by atoms with Gasteiger partial charge >= 0.3 is 0 Å². The zero-order valence-electron chi connectivity index (χ0n) is 9.66. The Morgan fingerprint density at radius 2 is 2.33 bits per heavy atom. The lowest BCUT2D eigenvalue weighted by Crippen LogP contribution is -2.22. The molecule has 0 amide bonds. The zero-order chi connectivity index (χ0) is 10.7. The Kier molecular flexibility index (Phi) is 3.24. The van der Waals surface area contributed by atoms with Gasteiger partial charge in [-0.3, -0.25) is 0 Å². The number of hydrogen-bond donors (Lipinski definition) is 1. The van der Waals surface area contributed by atoms with Crippen LogP contribution in [0.25, 0.3) is 0 Å². The number of anilines is 1. The van der Waals surface area contributed by atoms with Crippen molar-refractivity contribution in [1.29, 1.82) is 0 Å². The Hall–Kier alpha value is -1.05. The molecule has 0 aliphatic heterocycles. The van der Waals surface area contributed by atoms with E-state index in [1.54, 1.807) is 0 Å². The summed E-state index contributed by atoms with van der Waals surface area (Å²) in [6.45, 7) is 4.36. The van der Waals surface area contributed by atoms with Gasteiger partial charge in [-0.2, -0.15) is 0 Å². The van der Waals surface area contributed by atoms with Crippen LogP contribution in [0.15, 0.2) is 18.3 Å². The second kappa shape index (κ2) is 4.65. The zero-order valence-corrected chi connectivity index (χ0v) is 9.66. The van der Waals surface area contributed by atoms with Crippen molar-refractivity contribution in [2.45, 2.75) is 45.6 Å². The largest absolute Gasteiger partial charge is 0.367 e. The van der Waals surface area contributed by atoms with Crippen molar-refractivity contribution >= 4 is 5.82 Å². The van der Waals surface area contributed by atoms with Gasteiger partial charge in [0.25, 0.3) is 0 Å². The summed E-state index contributed by atoms with van der Waals surface area (Å²) in [5.41, 5.74) is 1.28. The molecule has 1 saturated carbocycles. The number of rotatable bonds is 5. The molecule has 0 aromatic carbocycles. The normalized spacial score (nSPS) is 17.5. The van der Waals surface area contributed by atoms with Gasteiger partial charge in [-0.1, -0.05) is 13.3 Å². The molecule has 0 spiro atoms. The van der Waals surface area contributed by atoms with E-state index in [-0.39, 0.29) is 0 Å². The van der Waals surface area contributed by atoms with E-state index < -0.39 is 0 Å². The highest BCUT2D eigenvalue weighted by atomic mass is 15.0. The minimum atomic E-state index is 0.643. The Balaban J connectivity index is 1.98. The van der Waals surface area contributed by atoms with Gasteiger partial charge in [0, 0.05) is 12.2 Å². The summed E-state index contributed by atoms with van der Waals surface area (Å²) < 4.78 is 0. The molecule has 82 valence electrons. The molecule has 15 heavy (non-hydrogen) atoms. The highest BCUT2D eigenvalue weighted by molar-refractivity contribution is 5.38. The van der Waals surface area contributed by atoms with Gasteiger partial charge in [-0.05, 0) is 49.8 Å². The summed E-state index contributed by atoms with van der Waals surface area (Å²) in [6, 6.07) is 4.81. The summed E-state index contributed by atoms with van der Waals surface area (Å²) in [6.07, 6.45) is 7.18. The van der Waals surface area contributed by atoms with Crippen LogP contribution in [0.2, 0.25) is 0 Å². The summed E-state index contributed by atoms with van der Waals surface area (Å²) in [5.74, 6) is 1.94. The van der Waals surface area contributed by atoms with E-state index in [1.807, 2.05) is 12.3 Å². The quantitative estimate of drug-likeness (QED) is 0.795. The molecule has 2 nitrogen and oxygen atoms in total. The third-order valence-corrected chi connectivity index (χ3v) is 3.04. The molecule has 0 radical (unpaired) electrons. The molecule has 2 heteroatoms. The summed E-state index contributed by atoms with van der Waals surface area (Å²) in [5, 5.41) is 3.57. The van der Waals surface area contributed by atoms with Gasteiger partial charge in [0.1, 0.15) is 5.82 Å². The summed E-state index contributed by atoms with van der Waals surface area (Å²) in [4.78, 5) is 4.36. The number of nitrogens with one attached hydrogen (secondary N) is 1. The molecule has 0 saturated heterocycles. The van der Waals surface area contributed by atoms with Gasteiger partial charge in [-0.15, -0.1) is 0 Å². The third kappa shape index (κ3) is 2.95. The van der Waals surface area contributed by atoms with Gasteiger partial charge in [0.2, 0.25) is 0 Å². The molecule has 1 aromatic heterocycles. The van der Waals surface area contributed by atoms with Crippen LogP contribution in [0.5, 0.6) is 0 Å². The van der Waals surface area contributed by atoms with E-state index in [9.17, 15) is 0 Å². The number of aromatic nitrogens is 1. The second-order valence-electron chi connectivity index (χ2n) is 4.60. The molecule has 1 fully saturated rings. The molecular weight excluding hydrogens is 184 g/mol. The first-order chi connectivity index (χ1) is 7.29. The van der Waals surface area contributed by atoms with Crippen molar-refractivity contribution in [3.63, 3.8) is 0 Å². The fraction of sp³-hybridized carbons (Fsp3) is 0.615. The standard InChI is InChI=1S/C13H20N2/c1-3-4-12(11-5-6-11)15-13-9-10(2)7-8-14-13/h7-9,11-12H,3-6H2,1-2H3,(H,14,15). The van der Waals surface area contributed by atoms with Crippen LogP contribution in [0.3, 0.4) is 0 Å². The maximum atomic E-state index is 4.36. The molecule has 1 atom stereocenters. The van der Waals surface area contributed by atoms with Gasteiger partial charge in [0.15, 0.2) is 0 Å². The van der Waals surface area contributed by atoms with E-state index >= 15 is 0 Å². The average Bonchev–Trinajstić information content (AvgIpc) is 3.00. The van der Waals surface area contributed by atoms with E-state index in [4.69, 9.17) is 0 Å². The third-order valence-electron chi connectivity index (χ3n) is 3.04. The second-order valence-corrected chi connectivity index (χ2v) is 4.60. The number of nitrogens with zero attached hydrogens (tertiary/aromatic N) is 1. The predicted octanol–water partition coefficient (Wildman–Crippen LogP) is 3.38. The Labute approximate surface area is 92.1 Å². The first-order valence-electron chi connectivity index (χ1n) is 5.99. The molecule has 2 rings (SSSR count). The summed E-state index contributed by atoms with van der Waals surface area (Å²) >= 11 is 0. The van der Waals surface area contributed by atoms with Crippen molar-refractivity contribution in [3.05, 3.63) is 23.9 Å². The van der Waals surface area contributed by atoms with E-state index in [1.165, 1.54) is 31.2 Å². The fourth-order valence-corrected chi connectivity index (χ4v) is 2.04. The van der Waals surface area contributed by atoms with Gasteiger partial charge in [-0.25, -0.2) is 4.98 Å². The predicted molar refractivity (Wildman–Crippen MR) is 64.0 cm³/mol.